The predicted molar refractivity (Wildman–Crippen MR) is 119 cm³/mol. The lowest BCUT2D eigenvalue weighted by Gasteiger charge is -2.11. The summed E-state index contributed by atoms with van der Waals surface area (Å²) < 4.78 is 16.0. The first-order valence-electron chi connectivity index (χ1n) is 9.98. The van der Waals surface area contributed by atoms with Gasteiger partial charge in [-0.3, -0.25) is 9.78 Å². The molecule has 2 aromatic carbocycles. The monoisotopic (exact) mass is 430 g/mol. The Morgan fingerprint density at radius 1 is 1.00 bits per heavy atom. The van der Waals surface area contributed by atoms with Gasteiger partial charge in [-0.1, -0.05) is 29.4 Å². The van der Waals surface area contributed by atoms with Crippen molar-refractivity contribution < 1.29 is 18.8 Å². The number of amides is 1. The van der Waals surface area contributed by atoms with Crippen LogP contribution in [0.25, 0.3) is 11.4 Å². The fourth-order valence-electron chi connectivity index (χ4n) is 3.27. The van der Waals surface area contributed by atoms with Gasteiger partial charge < -0.3 is 19.3 Å². The van der Waals surface area contributed by atoms with Crippen molar-refractivity contribution in [1.29, 1.82) is 0 Å². The van der Waals surface area contributed by atoms with E-state index in [4.69, 9.17) is 14.0 Å². The minimum absolute atomic E-state index is 0.146. The fraction of sp³-hybridized carbons (Fsp3) is 0.167. The van der Waals surface area contributed by atoms with Crippen molar-refractivity contribution in [3.05, 3.63) is 84.0 Å². The van der Waals surface area contributed by atoms with E-state index in [9.17, 15) is 4.79 Å². The molecule has 0 spiro atoms. The van der Waals surface area contributed by atoms with E-state index in [0.717, 1.165) is 16.7 Å². The van der Waals surface area contributed by atoms with Crippen molar-refractivity contribution in [2.75, 3.05) is 19.5 Å². The van der Waals surface area contributed by atoms with Gasteiger partial charge in [0.15, 0.2) is 11.5 Å². The number of hydrogen-bond acceptors (Lipinski definition) is 7. The molecule has 0 unspecified atom stereocenters. The van der Waals surface area contributed by atoms with Gasteiger partial charge in [0.1, 0.15) is 0 Å². The molecular weight excluding hydrogens is 408 g/mol. The largest absolute Gasteiger partial charge is 0.493 e. The Hall–Kier alpha value is -4.20. The van der Waals surface area contributed by atoms with Crippen LogP contribution in [-0.2, 0) is 17.6 Å². The van der Waals surface area contributed by atoms with E-state index in [0.29, 0.717) is 35.3 Å². The summed E-state index contributed by atoms with van der Waals surface area (Å²) in [6, 6.07) is 16.6. The number of anilines is 1. The van der Waals surface area contributed by atoms with E-state index in [-0.39, 0.29) is 12.3 Å². The summed E-state index contributed by atoms with van der Waals surface area (Å²) in [6.07, 6.45) is 3.94. The second-order valence-electron chi connectivity index (χ2n) is 7.00. The third-order valence-electron chi connectivity index (χ3n) is 4.85. The zero-order valence-corrected chi connectivity index (χ0v) is 17.7. The molecular formula is C24H22N4O4. The average molecular weight is 430 g/mol. The molecule has 0 aliphatic heterocycles. The summed E-state index contributed by atoms with van der Waals surface area (Å²) in [7, 11) is 3.14. The quantitative estimate of drug-likeness (QED) is 0.452. The van der Waals surface area contributed by atoms with Crippen LogP contribution in [0.3, 0.4) is 0 Å². The Morgan fingerprint density at radius 2 is 1.78 bits per heavy atom. The Morgan fingerprint density at radius 3 is 2.56 bits per heavy atom. The maximum atomic E-state index is 12.7. The molecule has 0 atom stereocenters. The molecule has 0 saturated heterocycles. The van der Waals surface area contributed by atoms with E-state index in [1.54, 1.807) is 38.7 Å². The normalized spacial score (nSPS) is 10.6. The van der Waals surface area contributed by atoms with Gasteiger partial charge in [-0.15, -0.1) is 0 Å². The van der Waals surface area contributed by atoms with Crippen molar-refractivity contribution in [1.82, 2.24) is 15.1 Å². The first kappa shape index (κ1) is 21.0. The maximum Gasteiger partial charge on any atom is 0.231 e. The number of nitrogens with one attached hydrogen (secondary N) is 1. The van der Waals surface area contributed by atoms with Gasteiger partial charge in [0.2, 0.25) is 17.6 Å². The molecule has 162 valence electrons. The molecule has 0 fully saturated rings. The van der Waals surface area contributed by atoms with E-state index in [2.05, 4.69) is 20.4 Å². The fourth-order valence-corrected chi connectivity index (χ4v) is 3.27. The Labute approximate surface area is 185 Å². The molecule has 0 bridgehead atoms. The van der Waals surface area contributed by atoms with Crippen molar-refractivity contribution in [3.8, 4) is 22.9 Å². The molecule has 0 aliphatic rings. The second kappa shape index (κ2) is 9.74. The number of carbonyl (C=O) groups excluding carboxylic acids is 1. The van der Waals surface area contributed by atoms with Gasteiger partial charge in [-0.05, 0) is 41.5 Å². The SMILES string of the molecule is COc1ccc(CC(=O)Nc2ccccc2Cc2nc(-c3ccncc3)no2)cc1OC. The second-order valence-corrected chi connectivity index (χ2v) is 7.00. The summed E-state index contributed by atoms with van der Waals surface area (Å²) in [5.41, 5.74) is 3.21. The molecule has 2 heterocycles. The number of ether oxygens (including phenoxy) is 2. The molecule has 0 aliphatic carbocycles. The van der Waals surface area contributed by atoms with E-state index in [1.165, 1.54) is 0 Å². The number of hydrogen-bond donors (Lipinski definition) is 1. The highest BCUT2D eigenvalue weighted by atomic mass is 16.5. The van der Waals surface area contributed by atoms with Crippen LogP contribution in [0.2, 0.25) is 0 Å². The van der Waals surface area contributed by atoms with Crippen LogP contribution in [0.4, 0.5) is 5.69 Å². The first-order valence-corrected chi connectivity index (χ1v) is 9.98. The van der Waals surface area contributed by atoms with Crippen LogP contribution >= 0.6 is 0 Å². The minimum atomic E-state index is -0.146. The van der Waals surface area contributed by atoms with Gasteiger partial charge >= 0.3 is 0 Å². The highest BCUT2D eigenvalue weighted by molar-refractivity contribution is 5.93. The zero-order valence-electron chi connectivity index (χ0n) is 17.7. The molecule has 0 radical (unpaired) electrons. The zero-order chi connectivity index (χ0) is 22.3. The number of methoxy groups -OCH3 is 2. The third kappa shape index (κ3) is 4.92. The molecule has 8 heteroatoms. The van der Waals surface area contributed by atoms with Crippen molar-refractivity contribution >= 4 is 11.6 Å². The summed E-state index contributed by atoms with van der Waals surface area (Å²) >= 11 is 0. The van der Waals surface area contributed by atoms with Crippen molar-refractivity contribution in [3.63, 3.8) is 0 Å². The van der Waals surface area contributed by atoms with E-state index in [1.807, 2.05) is 42.5 Å². The Kier molecular flexibility index (Phi) is 6.41. The lowest BCUT2D eigenvalue weighted by atomic mass is 10.1. The van der Waals surface area contributed by atoms with Crippen LogP contribution in [0.15, 0.2) is 71.5 Å². The van der Waals surface area contributed by atoms with Crippen LogP contribution in [0.5, 0.6) is 11.5 Å². The maximum absolute atomic E-state index is 12.7. The molecule has 1 N–H and O–H groups in total. The number of para-hydroxylation sites is 1. The number of aromatic nitrogens is 3. The summed E-state index contributed by atoms with van der Waals surface area (Å²) in [5.74, 6) is 2.01. The Balaban J connectivity index is 1.46. The molecule has 2 aromatic heterocycles. The van der Waals surface area contributed by atoms with Crippen molar-refractivity contribution in [2.45, 2.75) is 12.8 Å². The highest BCUT2D eigenvalue weighted by Gasteiger charge is 2.14. The smallest absolute Gasteiger partial charge is 0.231 e. The average Bonchev–Trinajstić information content (AvgIpc) is 3.29. The van der Waals surface area contributed by atoms with Crippen molar-refractivity contribution in [2.24, 2.45) is 0 Å². The molecule has 4 aromatic rings. The topological polar surface area (TPSA) is 99.4 Å². The van der Waals surface area contributed by atoms with Crippen LogP contribution < -0.4 is 14.8 Å². The molecule has 4 rings (SSSR count). The third-order valence-corrected chi connectivity index (χ3v) is 4.85. The number of nitrogens with zero attached hydrogens (tertiary/aromatic N) is 3. The summed E-state index contributed by atoms with van der Waals surface area (Å²) in [4.78, 5) is 21.1. The number of pyridine rings is 1. The number of benzene rings is 2. The van der Waals surface area contributed by atoms with Gasteiger partial charge in [-0.2, -0.15) is 4.98 Å². The number of carbonyl (C=O) groups is 1. The molecule has 32 heavy (non-hydrogen) atoms. The van der Waals surface area contributed by atoms with Gasteiger partial charge in [0.05, 0.1) is 27.1 Å². The summed E-state index contributed by atoms with van der Waals surface area (Å²) in [5, 5.41) is 7.01. The standard InChI is InChI=1S/C24H22N4O4/c1-30-20-8-7-16(13-21(20)31-2)14-22(29)26-19-6-4-3-5-18(19)15-23-27-24(28-32-23)17-9-11-25-12-10-17/h3-13H,14-15H2,1-2H3,(H,26,29). The molecule has 0 saturated carbocycles. The van der Waals surface area contributed by atoms with Crippen LogP contribution in [-0.4, -0.2) is 35.3 Å². The summed E-state index contributed by atoms with van der Waals surface area (Å²) in [6.45, 7) is 0. The predicted octanol–water partition coefficient (Wildman–Crippen LogP) is 3.92. The minimum Gasteiger partial charge on any atom is -0.493 e. The lowest BCUT2D eigenvalue weighted by Crippen LogP contribution is -2.15. The van der Waals surface area contributed by atoms with Gasteiger partial charge in [0, 0.05) is 23.6 Å². The van der Waals surface area contributed by atoms with Gasteiger partial charge in [0.25, 0.3) is 0 Å². The van der Waals surface area contributed by atoms with Crippen LogP contribution in [0, 0.1) is 0 Å². The first-order chi connectivity index (χ1) is 15.7. The number of rotatable bonds is 8. The lowest BCUT2D eigenvalue weighted by molar-refractivity contribution is -0.115. The van der Waals surface area contributed by atoms with E-state index >= 15 is 0 Å². The van der Waals surface area contributed by atoms with Crippen LogP contribution in [0.1, 0.15) is 17.0 Å². The molecule has 1 amide bonds. The molecule has 8 nitrogen and oxygen atoms in total. The Bertz CT molecular complexity index is 1210. The highest BCUT2D eigenvalue weighted by Crippen LogP contribution is 2.28. The van der Waals surface area contributed by atoms with Gasteiger partial charge in [-0.25, -0.2) is 0 Å². The van der Waals surface area contributed by atoms with E-state index < -0.39 is 0 Å².